The van der Waals surface area contributed by atoms with Crippen LogP contribution in [0.25, 0.3) is 0 Å². The number of aromatic amines is 1. The summed E-state index contributed by atoms with van der Waals surface area (Å²) >= 11 is 0. The Morgan fingerprint density at radius 3 is 2.89 bits per heavy atom. The Balaban J connectivity index is 1.89. The van der Waals surface area contributed by atoms with Crippen molar-refractivity contribution in [2.24, 2.45) is 0 Å². The molecule has 0 aromatic carbocycles. The van der Waals surface area contributed by atoms with Crippen molar-refractivity contribution in [3.05, 3.63) is 22.7 Å². The van der Waals surface area contributed by atoms with Crippen molar-refractivity contribution in [2.75, 3.05) is 24.6 Å². The highest BCUT2D eigenvalue weighted by Crippen LogP contribution is 2.16. The molecule has 7 heteroatoms. The van der Waals surface area contributed by atoms with Crippen molar-refractivity contribution >= 4 is 11.8 Å². The lowest BCUT2D eigenvalue weighted by molar-refractivity contribution is -0.144. The molecule has 0 amide bonds. The van der Waals surface area contributed by atoms with E-state index in [2.05, 4.69) is 9.97 Å². The number of carboxylic acids is 1. The van der Waals surface area contributed by atoms with Gasteiger partial charge in [0, 0.05) is 25.5 Å². The highest BCUT2D eigenvalue weighted by Gasteiger charge is 2.22. The van der Waals surface area contributed by atoms with E-state index in [9.17, 15) is 9.59 Å². The normalized spacial score (nSPS) is 16.8. The number of piperidine rings is 1. The van der Waals surface area contributed by atoms with Crippen LogP contribution in [0.5, 0.6) is 0 Å². The maximum absolute atomic E-state index is 11.5. The lowest BCUT2D eigenvalue weighted by Gasteiger charge is -2.31. The summed E-state index contributed by atoms with van der Waals surface area (Å²) in [6.45, 7) is 1.02. The summed E-state index contributed by atoms with van der Waals surface area (Å²) in [5.74, 6) is -0.548. The van der Waals surface area contributed by atoms with Gasteiger partial charge in [0.05, 0.1) is 6.10 Å². The Bertz CT molecular complexity index is 465. The molecule has 0 aliphatic carbocycles. The van der Waals surface area contributed by atoms with E-state index >= 15 is 0 Å². The molecule has 1 fully saturated rings. The van der Waals surface area contributed by atoms with Gasteiger partial charge in [-0.2, -0.15) is 0 Å². The van der Waals surface area contributed by atoms with Gasteiger partial charge in [0.15, 0.2) is 5.82 Å². The zero-order chi connectivity index (χ0) is 13.0. The van der Waals surface area contributed by atoms with Crippen molar-refractivity contribution in [3.8, 4) is 0 Å². The van der Waals surface area contributed by atoms with E-state index in [-0.39, 0.29) is 18.3 Å². The molecule has 1 aromatic rings. The van der Waals surface area contributed by atoms with Crippen LogP contribution in [0.2, 0.25) is 0 Å². The van der Waals surface area contributed by atoms with Crippen LogP contribution in [0.3, 0.4) is 0 Å². The van der Waals surface area contributed by atoms with E-state index in [1.54, 1.807) is 6.20 Å². The lowest BCUT2D eigenvalue weighted by atomic mass is 10.1. The summed E-state index contributed by atoms with van der Waals surface area (Å²) in [6, 6.07) is 0. The van der Waals surface area contributed by atoms with Crippen molar-refractivity contribution in [2.45, 2.75) is 18.9 Å². The fraction of sp³-hybridized carbons (Fsp3) is 0.545. The molecule has 0 bridgehead atoms. The second-order valence-electron chi connectivity index (χ2n) is 4.13. The Morgan fingerprint density at radius 1 is 1.56 bits per heavy atom. The summed E-state index contributed by atoms with van der Waals surface area (Å²) in [5, 5.41) is 8.52. The van der Waals surface area contributed by atoms with Crippen LogP contribution in [0.15, 0.2) is 17.2 Å². The maximum atomic E-state index is 11.5. The molecule has 0 saturated carbocycles. The Kier molecular flexibility index (Phi) is 3.93. The number of carboxylic acid groups (broad SMARTS) is 1. The summed E-state index contributed by atoms with van der Waals surface area (Å²) < 4.78 is 5.23. The summed E-state index contributed by atoms with van der Waals surface area (Å²) in [7, 11) is 0. The van der Waals surface area contributed by atoms with Crippen LogP contribution >= 0.6 is 0 Å². The largest absolute Gasteiger partial charge is 0.480 e. The van der Waals surface area contributed by atoms with Gasteiger partial charge in [-0.05, 0) is 12.8 Å². The molecule has 0 unspecified atom stereocenters. The minimum atomic E-state index is -0.960. The molecule has 18 heavy (non-hydrogen) atoms. The number of H-pyrrole nitrogens is 1. The monoisotopic (exact) mass is 253 g/mol. The zero-order valence-electron chi connectivity index (χ0n) is 9.83. The van der Waals surface area contributed by atoms with Crippen LogP contribution in [0, 0.1) is 0 Å². The van der Waals surface area contributed by atoms with E-state index < -0.39 is 5.97 Å². The average molecular weight is 253 g/mol. The predicted octanol–water partition coefficient (Wildman–Crippen LogP) is -0.160. The molecule has 1 saturated heterocycles. The van der Waals surface area contributed by atoms with Gasteiger partial charge >= 0.3 is 5.97 Å². The Hall–Kier alpha value is -1.89. The van der Waals surface area contributed by atoms with Crippen molar-refractivity contribution < 1.29 is 14.6 Å². The first-order valence-corrected chi connectivity index (χ1v) is 5.79. The van der Waals surface area contributed by atoms with Crippen molar-refractivity contribution in [1.29, 1.82) is 0 Å². The van der Waals surface area contributed by atoms with Gasteiger partial charge in [0.2, 0.25) is 0 Å². The van der Waals surface area contributed by atoms with E-state index in [1.165, 1.54) is 6.20 Å². The van der Waals surface area contributed by atoms with Gasteiger partial charge in [-0.3, -0.25) is 4.79 Å². The topological polar surface area (TPSA) is 95.5 Å². The second kappa shape index (κ2) is 5.63. The van der Waals surface area contributed by atoms with E-state index in [0.29, 0.717) is 31.7 Å². The van der Waals surface area contributed by atoms with Crippen LogP contribution < -0.4 is 10.5 Å². The van der Waals surface area contributed by atoms with Crippen LogP contribution in [-0.2, 0) is 9.53 Å². The highest BCUT2D eigenvalue weighted by atomic mass is 16.5. The van der Waals surface area contributed by atoms with Gasteiger partial charge < -0.3 is 19.7 Å². The van der Waals surface area contributed by atoms with Crippen LogP contribution in [-0.4, -0.2) is 46.8 Å². The number of nitrogens with one attached hydrogen (secondary N) is 1. The minimum Gasteiger partial charge on any atom is -0.480 e. The molecule has 2 N–H and O–H groups in total. The van der Waals surface area contributed by atoms with E-state index in [4.69, 9.17) is 9.84 Å². The Labute approximate surface area is 103 Å². The van der Waals surface area contributed by atoms with Crippen molar-refractivity contribution in [1.82, 2.24) is 9.97 Å². The predicted molar refractivity (Wildman–Crippen MR) is 63.7 cm³/mol. The second-order valence-corrected chi connectivity index (χ2v) is 4.13. The standard InChI is InChI=1S/C11H15N3O4/c15-9(16)7-18-8-1-5-14(6-2-8)10-11(17)13-4-3-12-10/h3-4,8H,1-2,5-7H2,(H,13,17)(H,15,16). The van der Waals surface area contributed by atoms with Gasteiger partial charge in [-0.1, -0.05) is 0 Å². The number of aliphatic carboxylic acids is 1. The fourth-order valence-corrected chi connectivity index (χ4v) is 1.99. The minimum absolute atomic E-state index is 0.0554. The molecule has 2 heterocycles. The molecule has 0 atom stereocenters. The third kappa shape index (κ3) is 3.07. The maximum Gasteiger partial charge on any atom is 0.329 e. The van der Waals surface area contributed by atoms with Gasteiger partial charge in [-0.25, -0.2) is 9.78 Å². The quantitative estimate of drug-likeness (QED) is 0.774. The number of anilines is 1. The summed E-state index contributed by atoms with van der Waals surface area (Å²) in [4.78, 5) is 30.4. The molecule has 1 aliphatic rings. The molecule has 7 nitrogen and oxygen atoms in total. The fourth-order valence-electron chi connectivity index (χ4n) is 1.99. The zero-order valence-corrected chi connectivity index (χ0v) is 9.83. The molecule has 98 valence electrons. The molecular formula is C11H15N3O4. The lowest BCUT2D eigenvalue weighted by Crippen LogP contribution is -2.40. The SMILES string of the molecule is O=C(O)COC1CCN(c2ncc[nH]c2=O)CC1. The number of aromatic nitrogens is 2. The van der Waals surface area contributed by atoms with Crippen LogP contribution in [0.4, 0.5) is 5.82 Å². The van der Waals surface area contributed by atoms with E-state index in [1.807, 2.05) is 4.90 Å². The number of hydrogen-bond acceptors (Lipinski definition) is 5. The van der Waals surface area contributed by atoms with Crippen LogP contribution in [0.1, 0.15) is 12.8 Å². The first kappa shape index (κ1) is 12.6. The first-order valence-electron chi connectivity index (χ1n) is 5.79. The molecule has 0 spiro atoms. The van der Waals surface area contributed by atoms with Gasteiger partial charge in [0.1, 0.15) is 6.61 Å². The summed E-state index contributed by atoms with van der Waals surface area (Å²) in [6.07, 6.45) is 4.38. The molecule has 2 rings (SSSR count). The van der Waals surface area contributed by atoms with Gasteiger partial charge in [0.25, 0.3) is 5.56 Å². The smallest absolute Gasteiger partial charge is 0.329 e. The van der Waals surface area contributed by atoms with Gasteiger partial charge in [-0.15, -0.1) is 0 Å². The molecule has 0 radical (unpaired) electrons. The number of rotatable bonds is 4. The number of nitrogens with zero attached hydrogens (tertiary/aromatic N) is 2. The third-order valence-corrected chi connectivity index (χ3v) is 2.87. The third-order valence-electron chi connectivity index (χ3n) is 2.87. The first-order chi connectivity index (χ1) is 8.66. The van der Waals surface area contributed by atoms with E-state index in [0.717, 1.165) is 0 Å². The molecule has 1 aliphatic heterocycles. The Morgan fingerprint density at radius 2 is 2.28 bits per heavy atom. The number of carbonyl (C=O) groups is 1. The molecule has 1 aromatic heterocycles. The average Bonchev–Trinajstić information content (AvgIpc) is 2.38. The van der Waals surface area contributed by atoms with Crippen molar-refractivity contribution in [3.63, 3.8) is 0 Å². The molecular weight excluding hydrogens is 238 g/mol. The highest BCUT2D eigenvalue weighted by molar-refractivity contribution is 5.68. The number of hydrogen-bond donors (Lipinski definition) is 2. The summed E-state index contributed by atoms with van der Waals surface area (Å²) in [5.41, 5.74) is -0.206. The number of ether oxygens (including phenoxy) is 1.